The predicted octanol–water partition coefficient (Wildman–Crippen LogP) is 0.994. The van der Waals surface area contributed by atoms with Crippen molar-refractivity contribution in [3.05, 3.63) is 30.4 Å². The summed E-state index contributed by atoms with van der Waals surface area (Å²) in [4.78, 5) is 7.15. The van der Waals surface area contributed by atoms with Gasteiger partial charge in [0.25, 0.3) is 0 Å². The number of aromatic amines is 1. The van der Waals surface area contributed by atoms with Crippen molar-refractivity contribution in [2.75, 3.05) is 6.54 Å². The molecule has 1 aromatic rings. The predicted molar refractivity (Wildman–Crippen MR) is 45.2 cm³/mol. The Balaban J connectivity index is 2.38. The van der Waals surface area contributed by atoms with E-state index in [1.807, 2.05) is 13.0 Å². The fourth-order valence-corrected chi connectivity index (χ4v) is 0.858. The van der Waals surface area contributed by atoms with Gasteiger partial charge in [0, 0.05) is 18.8 Å². The molecule has 0 unspecified atom stereocenters. The monoisotopic (exact) mass is 151 g/mol. The zero-order valence-electron chi connectivity index (χ0n) is 6.72. The van der Waals surface area contributed by atoms with Gasteiger partial charge in [-0.1, -0.05) is 6.08 Å². The minimum absolute atomic E-state index is 0.807. The van der Waals surface area contributed by atoms with Gasteiger partial charge in [0.15, 0.2) is 0 Å². The highest BCUT2D eigenvalue weighted by atomic mass is 14.9. The number of nitrogens with zero attached hydrogens (tertiary/aromatic N) is 1. The molecule has 0 aliphatic carbocycles. The van der Waals surface area contributed by atoms with Crippen molar-refractivity contribution in [2.24, 2.45) is 0 Å². The van der Waals surface area contributed by atoms with E-state index in [4.69, 9.17) is 0 Å². The third-order valence-electron chi connectivity index (χ3n) is 1.52. The van der Waals surface area contributed by atoms with Crippen molar-refractivity contribution in [1.29, 1.82) is 0 Å². The standard InChI is InChI=1S/C8H13N3/c1-3-4-9-5-8-7(2)10-6-11-8/h3,6,9H,1,4-5H2,2H3,(H,10,11). The lowest BCUT2D eigenvalue weighted by Crippen LogP contribution is -2.13. The number of hydrogen-bond donors (Lipinski definition) is 2. The smallest absolute Gasteiger partial charge is 0.0925 e. The molecule has 0 fully saturated rings. The Kier molecular flexibility index (Phi) is 2.86. The van der Waals surface area contributed by atoms with Gasteiger partial charge in [-0.25, -0.2) is 4.98 Å². The Morgan fingerprint density at radius 2 is 2.64 bits per heavy atom. The number of rotatable bonds is 4. The summed E-state index contributed by atoms with van der Waals surface area (Å²) in [6, 6.07) is 0. The van der Waals surface area contributed by atoms with E-state index in [-0.39, 0.29) is 0 Å². The zero-order valence-corrected chi connectivity index (χ0v) is 6.72. The van der Waals surface area contributed by atoms with Crippen LogP contribution in [-0.2, 0) is 6.54 Å². The van der Waals surface area contributed by atoms with Gasteiger partial charge >= 0.3 is 0 Å². The normalized spacial score (nSPS) is 9.91. The lowest BCUT2D eigenvalue weighted by molar-refractivity contribution is 0.740. The molecule has 0 amide bonds. The van der Waals surface area contributed by atoms with E-state index in [2.05, 4.69) is 21.9 Å². The lowest BCUT2D eigenvalue weighted by Gasteiger charge is -1.97. The maximum atomic E-state index is 4.14. The average molecular weight is 151 g/mol. The summed E-state index contributed by atoms with van der Waals surface area (Å²) < 4.78 is 0. The van der Waals surface area contributed by atoms with Gasteiger partial charge in [0.05, 0.1) is 12.0 Å². The van der Waals surface area contributed by atoms with Crippen molar-refractivity contribution in [2.45, 2.75) is 13.5 Å². The van der Waals surface area contributed by atoms with Gasteiger partial charge in [-0.3, -0.25) is 0 Å². The Morgan fingerprint density at radius 1 is 1.82 bits per heavy atom. The summed E-state index contributed by atoms with van der Waals surface area (Å²) in [5.74, 6) is 0. The highest BCUT2D eigenvalue weighted by Gasteiger charge is 1.97. The number of H-pyrrole nitrogens is 1. The molecule has 3 heteroatoms. The third-order valence-corrected chi connectivity index (χ3v) is 1.52. The Morgan fingerprint density at radius 3 is 3.18 bits per heavy atom. The third kappa shape index (κ3) is 2.20. The minimum Gasteiger partial charge on any atom is -0.348 e. The topological polar surface area (TPSA) is 40.7 Å². The fourth-order valence-electron chi connectivity index (χ4n) is 0.858. The lowest BCUT2D eigenvalue weighted by atomic mass is 10.3. The summed E-state index contributed by atoms with van der Waals surface area (Å²) in [7, 11) is 0. The molecule has 0 saturated heterocycles. The van der Waals surface area contributed by atoms with Crippen LogP contribution in [0.5, 0.6) is 0 Å². The molecule has 1 heterocycles. The molecule has 0 spiro atoms. The van der Waals surface area contributed by atoms with Gasteiger partial charge in [0.1, 0.15) is 0 Å². The van der Waals surface area contributed by atoms with Crippen LogP contribution in [0.15, 0.2) is 19.0 Å². The average Bonchev–Trinajstić information content (AvgIpc) is 2.37. The Labute approximate surface area is 66.5 Å². The van der Waals surface area contributed by atoms with Crippen LogP contribution in [0.1, 0.15) is 11.4 Å². The van der Waals surface area contributed by atoms with Gasteiger partial charge in [0.2, 0.25) is 0 Å². The molecular weight excluding hydrogens is 138 g/mol. The van der Waals surface area contributed by atoms with Crippen LogP contribution in [-0.4, -0.2) is 16.5 Å². The molecule has 0 bridgehead atoms. The van der Waals surface area contributed by atoms with Crippen molar-refractivity contribution >= 4 is 0 Å². The molecule has 2 N–H and O–H groups in total. The van der Waals surface area contributed by atoms with E-state index in [0.717, 1.165) is 24.5 Å². The molecule has 1 aromatic heterocycles. The first kappa shape index (κ1) is 8.01. The van der Waals surface area contributed by atoms with Gasteiger partial charge < -0.3 is 10.3 Å². The molecule has 3 nitrogen and oxygen atoms in total. The second-order valence-corrected chi connectivity index (χ2v) is 2.39. The Hall–Kier alpha value is -1.09. The molecule has 11 heavy (non-hydrogen) atoms. The number of aryl methyl sites for hydroxylation is 1. The van der Waals surface area contributed by atoms with E-state index in [1.165, 1.54) is 0 Å². The summed E-state index contributed by atoms with van der Waals surface area (Å²) in [6.07, 6.45) is 3.54. The first-order valence-corrected chi connectivity index (χ1v) is 3.65. The number of nitrogens with one attached hydrogen (secondary N) is 2. The van der Waals surface area contributed by atoms with Crippen LogP contribution >= 0.6 is 0 Å². The highest BCUT2D eigenvalue weighted by Crippen LogP contribution is 1.98. The molecule has 0 radical (unpaired) electrons. The summed E-state index contributed by atoms with van der Waals surface area (Å²) in [5.41, 5.74) is 2.20. The van der Waals surface area contributed by atoms with Crippen LogP contribution in [0, 0.1) is 6.92 Å². The van der Waals surface area contributed by atoms with Gasteiger partial charge in [-0.2, -0.15) is 0 Å². The SMILES string of the molecule is C=CCNCc1nc[nH]c1C. The summed E-state index contributed by atoms with van der Waals surface area (Å²) >= 11 is 0. The van der Waals surface area contributed by atoms with Crippen LogP contribution in [0.3, 0.4) is 0 Å². The molecule has 1 rings (SSSR count). The Bertz CT molecular complexity index is 227. The first-order valence-electron chi connectivity index (χ1n) is 3.65. The molecule has 0 atom stereocenters. The molecule has 0 aliphatic rings. The van der Waals surface area contributed by atoms with E-state index in [1.54, 1.807) is 6.33 Å². The van der Waals surface area contributed by atoms with E-state index in [9.17, 15) is 0 Å². The second kappa shape index (κ2) is 3.93. The minimum atomic E-state index is 0.807. The first-order chi connectivity index (χ1) is 5.34. The largest absolute Gasteiger partial charge is 0.348 e. The molecule has 0 aromatic carbocycles. The quantitative estimate of drug-likeness (QED) is 0.497. The second-order valence-electron chi connectivity index (χ2n) is 2.39. The number of aromatic nitrogens is 2. The van der Waals surface area contributed by atoms with Gasteiger partial charge in [-0.05, 0) is 6.92 Å². The molecule has 0 saturated carbocycles. The van der Waals surface area contributed by atoms with E-state index < -0.39 is 0 Å². The van der Waals surface area contributed by atoms with Crippen LogP contribution in [0.25, 0.3) is 0 Å². The van der Waals surface area contributed by atoms with Crippen molar-refractivity contribution < 1.29 is 0 Å². The van der Waals surface area contributed by atoms with Crippen molar-refractivity contribution in [1.82, 2.24) is 15.3 Å². The highest BCUT2D eigenvalue weighted by molar-refractivity contribution is 5.07. The maximum Gasteiger partial charge on any atom is 0.0925 e. The van der Waals surface area contributed by atoms with Crippen LogP contribution < -0.4 is 5.32 Å². The summed E-state index contributed by atoms with van der Waals surface area (Å²) in [6.45, 7) is 7.26. The van der Waals surface area contributed by atoms with Crippen LogP contribution in [0.2, 0.25) is 0 Å². The number of imidazole rings is 1. The van der Waals surface area contributed by atoms with E-state index >= 15 is 0 Å². The molecule has 0 aliphatic heterocycles. The summed E-state index contributed by atoms with van der Waals surface area (Å²) in [5, 5.41) is 3.18. The molecule has 60 valence electrons. The van der Waals surface area contributed by atoms with Crippen LogP contribution in [0.4, 0.5) is 0 Å². The van der Waals surface area contributed by atoms with Gasteiger partial charge in [-0.15, -0.1) is 6.58 Å². The van der Waals surface area contributed by atoms with Crippen molar-refractivity contribution in [3.63, 3.8) is 0 Å². The van der Waals surface area contributed by atoms with E-state index in [0.29, 0.717) is 0 Å². The fraction of sp³-hybridized carbons (Fsp3) is 0.375. The number of hydrogen-bond acceptors (Lipinski definition) is 2. The molecular formula is C8H13N3. The van der Waals surface area contributed by atoms with Crippen molar-refractivity contribution in [3.8, 4) is 0 Å². The maximum absolute atomic E-state index is 4.14. The zero-order chi connectivity index (χ0) is 8.10.